The fraction of sp³-hybridized carbons (Fsp3) is 0.133. The Balaban J connectivity index is 2.42. The Morgan fingerprint density at radius 1 is 1.00 bits per heavy atom. The summed E-state index contributed by atoms with van der Waals surface area (Å²) in [6, 6.07) is 14.3. The zero-order valence-corrected chi connectivity index (χ0v) is 12.1. The second-order valence-electron chi connectivity index (χ2n) is 4.03. The monoisotopic (exact) mass is 289 g/mol. The molecule has 2 aromatic rings. The van der Waals surface area contributed by atoms with Gasteiger partial charge in [-0.2, -0.15) is 0 Å². The highest BCUT2D eigenvalue weighted by molar-refractivity contribution is 7.48. The minimum atomic E-state index is -1.88. The zero-order chi connectivity index (χ0) is 14.5. The molecule has 2 aromatic carbocycles. The molecule has 0 bridgehead atoms. The molecule has 0 saturated carbocycles. The second kappa shape index (κ2) is 6.42. The van der Waals surface area contributed by atoms with E-state index in [1.165, 1.54) is 14.2 Å². The smallest absolute Gasteiger partial charge is 0.465 e. The number of carbonyl (C=O) groups excluding carboxylic acids is 1. The van der Waals surface area contributed by atoms with E-state index in [2.05, 4.69) is 4.74 Å². The molecular weight excluding hydrogens is 275 g/mol. The molecular formula is C15H14O4P+. The summed E-state index contributed by atoms with van der Waals surface area (Å²) >= 11 is 0. The second-order valence-corrected chi connectivity index (χ2v) is 5.39. The van der Waals surface area contributed by atoms with Crippen molar-refractivity contribution in [1.29, 1.82) is 0 Å². The van der Waals surface area contributed by atoms with Gasteiger partial charge in [0.1, 0.15) is 0 Å². The van der Waals surface area contributed by atoms with E-state index in [9.17, 15) is 9.36 Å². The van der Waals surface area contributed by atoms with Crippen molar-refractivity contribution in [1.82, 2.24) is 0 Å². The summed E-state index contributed by atoms with van der Waals surface area (Å²) in [4.78, 5) is 11.4. The highest BCUT2D eigenvalue weighted by Gasteiger charge is 2.24. The molecule has 4 nitrogen and oxygen atoms in total. The van der Waals surface area contributed by atoms with Crippen LogP contribution in [0.5, 0.6) is 0 Å². The Bertz CT molecular complexity index is 635. The number of hydrogen-bond acceptors (Lipinski definition) is 4. The van der Waals surface area contributed by atoms with Gasteiger partial charge >= 0.3 is 14.0 Å². The first-order chi connectivity index (χ1) is 9.67. The lowest BCUT2D eigenvalue weighted by Gasteiger charge is -2.03. The molecule has 2 rings (SSSR count). The number of ether oxygens (including phenoxy) is 1. The Hall–Kier alpha value is -2.03. The Labute approximate surface area is 118 Å². The van der Waals surface area contributed by atoms with Crippen LogP contribution >= 0.6 is 8.03 Å². The molecule has 1 atom stereocenters. The van der Waals surface area contributed by atoms with Crippen LogP contribution in [0.2, 0.25) is 0 Å². The van der Waals surface area contributed by atoms with Crippen molar-refractivity contribution in [2.75, 3.05) is 14.2 Å². The summed E-state index contributed by atoms with van der Waals surface area (Å²) in [5.41, 5.74) is 2.17. The van der Waals surface area contributed by atoms with Crippen molar-refractivity contribution in [3.8, 4) is 11.1 Å². The highest BCUT2D eigenvalue weighted by Crippen LogP contribution is 2.28. The van der Waals surface area contributed by atoms with Gasteiger partial charge in [-0.25, -0.2) is 4.79 Å². The molecule has 0 aromatic heterocycles. The van der Waals surface area contributed by atoms with E-state index >= 15 is 0 Å². The van der Waals surface area contributed by atoms with E-state index in [1.807, 2.05) is 18.2 Å². The molecule has 0 saturated heterocycles. The van der Waals surface area contributed by atoms with E-state index in [0.717, 1.165) is 11.1 Å². The first-order valence-corrected chi connectivity index (χ1v) is 7.14. The van der Waals surface area contributed by atoms with Crippen molar-refractivity contribution in [3.05, 3.63) is 54.1 Å². The average Bonchev–Trinajstić information content (AvgIpc) is 2.53. The van der Waals surface area contributed by atoms with Crippen molar-refractivity contribution < 1.29 is 18.6 Å². The van der Waals surface area contributed by atoms with Gasteiger partial charge in [-0.1, -0.05) is 24.3 Å². The number of hydrogen-bond donors (Lipinski definition) is 0. The van der Waals surface area contributed by atoms with Gasteiger partial charge in [-0.3, -0.25) is 0 Å². The molecule has 0 N–H and O–H groups in total. The van der Waals surface area contributed by atoms with Crippen LogP contribution in [0.25, 0.3) is 11.1 Å². The van der Waals surface area contributed by atoms with Gasteiger partial charge in [0.2, 0.25) is 5.30 Å². The Morgan fingerprint density at radius 3 is 2.25 bits per heavy atom. The van der Waals surface area contributed by atoms with Crippen LogP contribution in [0, 0.1) is 0 Å². The minimum Gasteiger partial charge on any atom is -0.465 e. The molecule has 20 heavy (non-hydrogen) atoms. The van der Waals surface area contributed by atoms with Crippen LogP contribution in [-0.2, 0) is 13.8 Å². The lowest BCUT2D eigenvalue weighted by Crippen LogP contribution is -2.03. The third-order valence-corrected chi connectivity index (χ3v) is 4.00. The maximum atomic E-state index is 11.9. The summed E-state index contributed by atoms with van der Waals surface area (Å²) in [5, 5.41) is 0.635. The van der Waals surface area contributed by atoms with Crippen LogP contribution in [0.3, 0.4) is 0 Å². The molecule has 0 spiro atoms. The quantitative estimate of drug-likeness (QED) is 0.641. The van der Waals surface area contributed by atoms with E-state index in [1.54, 1.807) is 30.3 Å². The van der Waals surface area contributed by atoms with Gasteiger partial charge in [-0.05, 0) is 34.4 Å². The number of carbonyl (C=O) groups is 1. The number of rotatable bonds is 4. The molecule has 0 fully saturated rings. The highest BCUT2D eigenvalue weighted by atomic mass is 31.1. The summed E-state index contributed by atoms with van der Waals surface area (Å²) in [7, 11) is 0.872. The lowest BCUT2D eigenvalue weighted by atomic mass is 10.0. The maximum absolute atomic E-state index is 11.9. The van der Waals surface area contributed by atoms with Crippen LogP contribution in [-0.4, -0.2) is 20.2 Å². The fourth-order valence-corrected chi connectivity index (χ4v) is 2.68. The van der Waals surface area contributed by atoms with E-state index in [4.69, 9.17) is 4.52 Å². The van der Waals surface area contributed by atoms with Crippen molar-refractivity contribution >= 4 is 19.3 Å². The first kappa shape index (κ1) is 14.4. The third kappa shape index (κ3) is 2.93. The summed E-state index contributed by atoms with van der Waals surface area (Å²) in [5.74, 6) is -0.382. The van der Waals surface area contributed by atoms with E-state index in [-0.39, 0.29) is 5.97 Å². The molecule has 5 heteroatoms. The van der Waals surface area contributed by atoms with Gasteiger partial charge in [0, 0.05) is 5.56 Å². The van der Waals surface area contributed by atoms with Crippen LogP contribution in [0.4, 0.5) is 0 Å². The van der Waals surface area contributed by atoms with Gasteiger partial charge in [0.05, 0.1) is 19.8 Å². The minimum absolute atomic E-state index is 0.382. The number of methoxy groups -OCH3 is 1. The maximum Gasteiger partial charge on any atom is 0.549 e. The normalized spacial score (nSPS) is 11.0. The lowest BCUT2D eigenvalue weighted by molar-refractivity contribution is 0.0601. The number of esters is 1. The van der Waals surface area contributed by atoms with Gasteiger partial charge in [-0.15, -0.1) is 4.52 Å². The van der Waals surface area contributed by atoms with Gasteiger partial charge < -0.3 is 4.74 Å². The van der Waals surface area contributed by atoms with E-state index in [0.29, 0.717) is 10.9 Å². The van der Waals surface area contributed by atoms with Crippen LogP contribution in [0.1, 0.15) is 10.4 Å². The average molecular weight is 289 g/mol. The zero-order valence-electron chi connectivity index (χ0n) is 11.2. The van der Waals surface area contributed by atoms with Gasteiger partial charge in [0.25, 0.3) is 0 Å². The van der Waals surface area contributed by atoms with Gasteiger partial charge in [0.15, 0.2) is 0 Å². The summed E-state index contributed by atoms with van der Waals surface area (Å²) in [6.07, 6.45) is 0. The SMILES string of the molecule is COC(=O)c1ccc(-c2ccccc2[P+](=O)OC)cc1. The first-order valence-electron chi connectivity index (χ1n) is 5.96. The fourth-order valence-electron chi connectivity index (χ4n) is 1.88. The van der Waals surface area contributed by atoms with E-state index < -0.39 is 8.03 Å². The topological polar surface area (TPSA) is 52.6 Å². The van der Waals surface area contributed by atoms with Crippen molar-refractivity contribution in [2.45, 2.75) is 0 Å². The summed E-state index contributed by atoms with van der Waals surface area (Å²) in [6.45, 7) is 0. The third-order valence-electron chi connectivity index (χ3n) is 2.88. The predicted molar refractivity (Wildman–Crippen MR) is 77.5 cm³/mol. The molecule has 0 amide bonds. The largest absolute Gasteiger partial charge is 0.549 e. The molecule has 0 aliphatic rings. The van der Waals surface area contributed by atoms with Crippen LogP contribution in [0.15, 0.2) is 48.5 Å². The molecule has 102 valence electrons. The van der Waals surface area contributed by atoms with Crippen LogP contribution < -0.4 is 5.30 Å². The molecule has 0 heterocycles. The number of benzene rings is 2. The Kier molecular flexibility index (Phi) is 4.61. The predicted octanol–water partition coefficient (Wildman–Crippen LogP) is 3.15. The Morgan fingerprint density at radius 2 is 1.65 bits per heavy atom. The standard InChI is InChI=1S/C15H14O4P/c1-18-15(16)12-9-7-11(8-10-12)13-5-3-4-6-14(13)20(17)19-2/h3-10H,1-2H3/q+1. The molecule has 0 aliphatic heterocycles. The molecule has 0 radical (unpaired) electrons. The molecule has 1 unspecified atom stereocenters. The molecule has 0 aliphatic carbocycles. The van der Waals surface area contributed by atoms with Crippen molar-refractivity contribution in [3.63, 3.8) is 0 Å². The summed E-state index contributed by atoms with van der Waals surface area (Å²) < 4.78 is 21.4. The van der Waals surface area contributed by atoms with Crippen molar-refractivity contribution in [2.24, 2.45) is 0 Å².